The number of halogens is 1. The Morgan fingerprint density at radius 3 is 2.87 bits per heavy atom. The number of carbonyl (C=O) groups is 1. The molecule has 118 valence electrons. The van der Waals surface area contributed by atoms with Crippen molar-refractivity contribution in [1.29, 1.82) is 0 Å². The third-order valence-corrected chi connectivity index (χ3v) is 4.57. The third kappa shape index (κ3) is 3.23. The molecule has 2 aromatic carbocycles. The zero-order valence-electron chi connectivity index (χ0n) is 12.5. The highest BCUT2D eigenvalue weighted by atomic mass is 79.9. The van der Waals surface area contributed by atoms with Crippen LogP contribution < -0.4 is 15.0 Å². The molecule has 0 unspecified atom stereocenters. The van der Waals surface area contributed by atoms with Gasteiger partial charge in [-0.25, -0.2) is 0 Å². The predicted molar refractivity (Wildman–Crippen MR) is 98.3 cm³/mol. The molecule has 0 atom stereocenters. The first-order chi connectivity index (χ1) is 11.1. The van der Waals surface area contributed by atoms with Crippen molar-refractivity contribution in [1.82, 2.24) is 5.32 Å². The van der Waals surface area contributed by atoms with Crippen LogP contribution in [0.4, 0.5) is 5.69 Å². The second-order valence-electron chi connectivity index (χ2n) is 5.13. The maximum atomic E-state index is 12.5. The first-order valence-corrected chi connectivity index (χ1v) is 8.34. The number of para-hydroxylation sites is 1. The largest absolute Gasteiger partial charge is 0.496 e. The van der Waals surface area contributed by atoms with E-state index >= 15 is 0 Å². The van der Waals surface area contributed by atoms with Crippen LogP contribution in [-0.2, 0) is 6.42 Å². The van der Waals surface area contributed by atoms with E-state index in [1.54, 1.807) is 12.1 Å². The second-order valence-corrected chi connectivity index (χ2v) is 6.44. The van der Waals surface area contributed by atoms with Gasteiger partial charge in [-0.05, 0) is 48.5 Å². The number of nitrogens with zero attached hydrogens (tertiary/aromatic N) is 1. The Labute approximate surface area is 148 Å². The van der Waals surface area contributed by atoms with Gasteiger partial charge in [0.05, 0.1) is 12.7 Å². The molecule has 0 aliphatic carbocycles. The molecule has 0 fully saturated rings. The van der Waals surface area contributed by atoms with E-state index in [0.717, 1.165) is 23.1 Å². The minimum absolute atomic E-state index is 0.280. The molecule has 0 bridgehead atoms. The van der Waals surface area contributed by atoms with Crippen molar-refractivity contribution in [2.24, 2.45) is 0 Å². The topological polar surface area (TPSA) is 41.6 Å². The van der Waals surface area contributed by atoms with E-state index in [1.165, 1.54) is 12.7 Å². The molecule has 0 saturated carbocycles. The molecule has 1 heterocycles. The number of hydrogen-bond acceptors (Lipinski definition) is 3. The van der Waals surface area contributed by atoms with E-state index in [0.29, 0.717) is 16.4 Å². The van der Waals surface area contributed by atoms with Crippen LogP contribution in [-0.4, -0.2) is 24.7 Å². The summed E-state index contributed by atoms with van der Waals surface area (Å²) >= 11 is 8.79. The van der Waals surface area contributed by atoms with E-state index in [-0.39, 0.29) is 5.91 Å². The molecule has 0 radical (unpaired) electrons. The number of carbonyl (C=O) groups excluding carboxylic acids is 1. The summed E-state index contributed by atoms with van der Waals surface area (Å²) in [6.45, 7) is 0.772. The van der Waals surface area contributed by atoms with E-state index in [9.17, 15) is 4.79 Å². The van der Waals surface area contributed by atoms with Crippen molar-refractivity contribution in [3.8, 4) is 5.75 Å². The van der Waals surface area contributed by atoms with Gasteiger partial charge in [0.1, 0.15) is 5.75 Å². The van der Waals surface area contributed by atoms with Crippen molar-refractivity contribution in [3.05, 3.63) is 58.1 Å². The summed E-state index contributed by atoms with van der Waals surface area (Å²) in [5, 5.41) is 3.20. The molecule has 1 amide bonds. The molecule has 1 aliphatic rings. The first kappa shape index (κ1) is 16.0. The average molecular weight is 391 g/mol. The number of hydrogen-bond donors (Lipinski definition) is 1. The van der Waals surface area contributed by atoms with Gasteiger partial charge in [-0.1, -0.05) is 34.1 Å². The molecular weight excluding hydrogens is 376 g/mol. The average Bonchev–Trinajstić information content (AvgIpc) is 2.98. The van der Waals surface area contributed by atoms with Crippen LogP contribution in [0, 0.1) is 0 Å². The van der Waals surface area contributed by atoms with Crippen molar-refractivity contribution >= 4 is 44.9 Å². The summed E-state index contributed by atoms with van der Waals surface area (Å²) in [7, 11) is 1.54. The fraction of sp³-hybridized carbons (Fsp3) is 0.176. The number of amides is 1. The minimum atomic E-state index is -0.280. The first-order valence-electron chi connectivity index (χ1n) is 7.14. The third-order valence-electron chi connectivity index (χ3n) is 3.76. The van der Waals surface area contributed by atoms with Crippen LogP contribution in [0.3, 0.4) is 0 Å². The summed E-state index contributed by atoms with van der Waals surface area (Å²) in [6, 6.07) is 13.4. The summed E-state index contributed by atoms with van der Waals surface area (Å²) in [6.07, 6.45) is 0.923. The maximum Gasteiger partial charge on any atom is 0.261 e. The van der Waals surface area contributed by atoms with Crippen LogP contribution in [0.25, 0.3) is 0 Å². The van der Waals surface area contributed by atoms with Crippen LogP contribution in [0.2, 0.25) is 0 Å². The molecule has 2 aromatic rings. The lowest BCUT2D eigenvalue weighted by Crippen LogP contribution is -2.42. The van der Waals surface area contributed by atoms with Gasteiger partial charge in [0, 0.05) is 16.7 Å². The lowest BCUT2D eigenvalue weighted by atomic mass is 10.2. The lowest BCUT2D eigenvalue weighted by Gasteiger charge is -2.21. The molecule has 4 nitrogen and oxygen atoms in total. The lowest BCUT2D eigenvalue weighted by molar-refractivity contribution is 0.0974. The highest BCUT2D eigenvalue weighted by molar-refractivity contribution is 9.10. The predicted octanol–water partition coefficient (Wildman–Crippen LogP) is 3.54. The molecule has 0 spiro atoms. The Hall–Kier alpha value is -1.92. The normalized spacial score (nSPS) is 12.7. The number of methoxy groups -OCH3 is 1. The van der Waals surface area contributed by atoms with Gasteiger partial charge in [0.2, 0.25) is 0 Å². The fourth-order valence-electron chi connectivity index (χ4n) is 2.64. The Kier molecular flexibility index (Phi) is 4.63. The zero-order valence-corrected chi connectivity index (χ0v) is 14.9. The van der Waals surface area contributed by atoms with Crippen molar-refractivity contribution in [2.45, 2.75) is 6.42 Å². The monoisotopic (exact) mass is 390 g/mol. The number of benzene rings is 2. The molecule has 1 aliphatic heterocycles. The number of thiocarbonyl (C=S) groups is 1. The van der Waals surface area contributed by atoms with Crippen LogP contribution in [0.5, 0.6) is 5.75 Å². The van der Waals surface area contributed by atoms with E-state index in [2.05, 4.69) is 27.3 Å². The van der Waals surface area contributed by atoms with Gasteiger partial charge >= 0.3 is 0 Å². The Morgan fingerprint density at radius 2 is 2.09 bits per heavy atom. The van der Waals surface area contributed by atoms with Crippen molar-refractivity contribution in [3.63, 3.8) is 0 Å². The standard InChI is InChI=1S/C17H15BrN2O2S/c1-22-15-7-6-12(18)10-13(15)16(21)19-17(23)20-9-8-11-4-2-3-5-14(11)20/h2-7,10H,8-9H2,1H3,(H,19,21,23). The van der Waals surface area contributed by atoms with Crippen LogP contribution in [0.15, 0.2) is 46.9 Å². The van der Waals surface area contributed by atoms with Crippen molar-refractivity contribution in [2.75, 3.05) is 18.6 Å². The molecular formula is C17H15BrN2O2S. The number of rotatable bonds is 2. The van der Waals surface area contributed by atoms with Crippen LogP contribution >= 0.6 is 28.1 Å². The highest BCUT2D eigenvalue weighted by Gasteiger charge is 2.24. The summed E-state index contributed by atoms with van der Waals surface area (Å²) < 4.78 is 6.05. The zero-order chi connectivity index (χ0) is 16.4. The smallest absolute Gasteiger partial charge is 0.261 e. The number of nitrogens with one attached hydrogen (secondary N) is 1. The van der Waals surface area contributed by atoms with Gasteiger partial charge in [-0.15, -0.1) is 0 Å². The molecule has 6 heteroatoms. The Balaban J connectivity index is 1.79. The van der Waals surface area contributed by atoms with Gasteiger partial charge in [-0.2, -0.15) is 0 Å². The highest BCUT2D eigenvalue weighted by Crippen LogP contribution is 2.28. The minimum Gasteiger partial charge on any atom is -0.496 e. The summed E-state index contributed by atoms with van der Waals surface area (Å²) in [5.74, 6) is 0.229. The van der Waals surface area contributed by atoms with E-state index < -0.39 is 0 Å². The fourth-order valence-corrected chi connectivity index (χ4v) is 3.28. The van der Waals surface area contributed by atoms with Gasteiger partial charge in [-0.3, -0.25) is 10.1 Å². The molecule has 1 N–H and O–H groups in total. The van der Waals surface area contributed by atoms with E-state index in [1.807, 2.05) is 29.2 Å². The van der Waals surface area contributed by atoms with Gasteiger partial charge in [0.15, 0.2) is 5.11 Å². The number of fused-ring (bicyclic) bond motifs is 1. The summed E-state index contributed by atoms with van der Waals surface area (Å²) in [4.78, 5) is 14.5. The number of anilines is 1. The second kappa shape index (κ2) is 6.68. The number of ether oxygens (including phenoxy) is 1. The van der Waals surface area contributed by atoms with Gasteiger partial charge < -0.3 is 9.64 Å². The molecule has 23 heavy (non-hydrogen) atoms. The van der Waals surface area contributed by atoms with E-state index in [4.69, 9.17) is 17.0 Å². The SMILES string of the molecule is COc1ccc(Br)cc1C(=O)NC(=S)N1CCc2ccccc21. The summed E-state index contributed by atoms with van der Waals surface area (Å²) in [5.41, 5.74) is 2.74. The molecule has 3 rings (SSSR count). The molecule has 0 saturated heterocycles. The van der Waals surface area contributed by atoms with Crippen LogP contribution in [0.1, 0.15) is 15.9 Å². The maximum absolute atomic E-state index is 12.5. The Morgan fingerprint density at radius 1 is 1.30 bits per heavy atom. The Bertz CT molecular complexity index is 779. The quantitative estimate of drug-likeness (QED) is 0.796. The van der Waals surface area contributed by atoms with Crippen molar-refractivity contribution < 1.29 is 9.53 Å². The van der Waals surface area contributed by atoms with Gasteiger partial charge in [0.25, 0.3) is 5.91 Å². The molecule has 0 aromatic heterocycles.